The Labute approximate surface area is 144 Å². The van der Waals surface area contributed by atoms with E-state index in [4.69, 9.17) is 4.74 Å². The van der Waals surface area contributed by atoms with E-state index in [1.807, 2.05) is 37.3 Å². The van der Waals surface area contributed by atoms with Crippen molar-refractivity contribution in [3.8, 4) is 0 Å². The first-order valence-corrected chi connectivity index (χ1v) is 10.1. The van der Waals surface area contributed by atoms with E-state index in [-0.39, 0.29) is 24.4 Å². The highest BCUT2D eigenvalue weighted by molar-refractivity contribution is 7.88. The number of nitrogens with one attached hydrogen (secondary N) is 1. The highest BCUT2D eigenvalue weighted by Gasteiger charge is 2.25. The summed E-state index contributed by atoms with van der Waals surface area (Å²) in [6.07, 6.45) is 2.65. The number of benzene rings is 1. The van der Waals surface area contributed by atoms with E-state index in [1.54, 1.807) is 0 Å². The molecule has 2 rings (SSSR count). The Kier molecular flexibility index (Phi) is 6.77. The van der Waals surface area contributed by atoms with Crippen LogP contribution in [-0.4, -0.2) is 51.2 Å². The van der Waals surface area contributed by atoms with Crippen LogP contribution in [-0.2, 0) is 19.6 Å². The first-order chi connectivity index (χ1) is 11.4. The van der Waals surface area contributed by atoms with Crippen molar-refractivity contribution < 1.29 is 17.9 Å². The molecule has 1 heterocycles. The van der Waals surface area contributed by atoms with E-state index in [0.29, 0.717) is 19.8 Å². The van der Waals surface area contributed by atoms with Gasteiger partial charge in [-0.2, -0.15) is 4.31 Å². The van der Waals surface area contributed by atoms with Crippen LogP contribution in [0.4, 0.5) is 0 Å². The van der Waals surface area contributed by atoms with Crippen LogP contribution in [0.1, 0.15) is 31.4 Å². The second-order valence-corrected chi connectivity index (χ2v) is 8.07. The molecule has 0 radical (unpaired) electrons. The third-order valence-electron chi connectivity index (χ3n) is 4.36. The smallest absolute Gasteiger partial charge is 0.223 e. The van der Waals surface area contributed by atoms with E-state index >= 15 is 0 Å². The fraction of sp³-hybridized carbons (Fsp3) is 0.588. The molecule has 1 unspecified atom stereocenters. The Balaban J connectivity index is 1.93. The lowest BCUT2D eigenvalue weighted by molar-refractivity contribution is -0.127. The quantitative estimate of drug-likeness (QED) is 0.806. The molecular weight excluding hydrogens is 328 g/mol. The molecule has 0 bridgehead atoms. The van der Waals surface area contributed by atoms with Crippen molar-refractivity contribution >= 4 is 15.9 Å². The van der Waals surface area contributed by atoms with Gasteiger partial charge in [0.15, 0.2) is 0 Å². The SMILES string of the molecule is CC(c1ccccc1)N(CCNC(=O)C1CCOCC1)S(C)(=O)=O. The van der Waals surface area contributed by atoms with Crippen LogP contribution in [0.2, 0.25) is 0 Å². The molecular formula is C17H26N2O4S. The molecule has 1 fully saturated rings. The first-order valence-electron chi connectivity index (χ1n) is 8.27. The van der Waals surface area contributed by atoms with Gasteiger partial charge in [-0.25, -0.2) is 8.42 Å². The molecule has 1 N–H and O–H groups in total. The van der Waals surface area contributed by atoms with Gasteiger partial charge in [-0.3, -0.25) is 4.79 Å². The fourth-order valence-electron chi connectivity index (χ4n) is 2.94. The molecule has 1 aromatic carbocycles. The van der Waals surface area contributed by atoms with Crippen LogP contribution in [0.15, 0.2) is 30.3 Å². The van der Waals surface area contributed by atoms with Gasteiger partial charge in [0.05, 0.1) is 6.26 Å². The predicted octanol–water partition coefficient (Wildman–Crippen LogP) is 1.55. The predicted molar refractivity (Wildman–Crippen MR) is 93.0 cm³/mol. The van der Waals surface area contributed by atoms with Crippen molar-refractivity contribution in [2.24, 2.45) is 5.92 Å². The van der Waals surface area contributed by atoms with Gasteiger partial charge in [-0.15, -0.1) is 0 Å². The van der Waals surface area contributed by atoms with Crippen molar-refractivity contribution in [2.75, 3.05) is 32.6 Å². The summed E-state index contributed by atoms with van der Waals surface area (Å²) in [5, 5.41) is 2.86. The van der Waals surface area contributed by atoms with Crippen LogP contribution in [0.25, 0.3) is 0 Å². The van der Waals surface area contributed by atoms with Crippen LogP contribution in [0, 0.1) is 5.92 Å². The lowest BCUT2D eigenvalue weighted by Gasteiger charge is -2.28. The Morgan fingerprint density at radius 1 is 1.29 bits per heavy atom. The number of rotatable bonds is 7. The minimum atomic E-state index is -3.37. The molecule has 1 aliphatic rings. The van der Waals surface area contributed by atoms with Crippen LogP contribution >= 0.6 is 0 Å². The van der Waals surface area contributed by atoms with E-state index in [0.717, 1.165) is 18.4 Å². The first kappa shape index (κ1) is 18.9. The lowest BCUT2D eigenvalue weighted by Crippen LogP contribution is -2.41. The summed E-state index contributed by atoms with van der Waals surface area (Å²) in [5.41, 5.74) is 0.929. The number of ether oxygens (including phenoxy) is 1. The van der Waals surface area contributed by atoms with Gasteiger partial charge in [0, 0.05) is 38.3 Å². The molecule has 1 saturated heterocycles. The monoisotopic (exact) mass is 354 g/mol. The van der Waals surface area contributed by atoms with Crippen LogP contribution in [0.3, 0.4) is 0 Å². The second-order valence-electron chi connectivity index (χ2n) is 6.14. The summed E-state index contributed by atoms with van der Waals surface area (Å²) >= 11 is 0. The molecule has 1 aromatic rings. The van der Waals surface area contributed by atoms with Gasteiger partial charge >= 0.3 is 0 Å². The molecule has 0 aromatic heterocycles. The van der Waals surface area contributed by atoms with E-state index < -0.39 is 10.0 Å². The Morgan fingerprint density at radius 2 is 1.92 bits per heavy atom. The lowest BCUT2D eigenvalue weighted by atomic mass is 9.99. The van der Waals surface area contributed by atoms with Gasteiger partial charge in [-0.1, -0.05) is 30.3 Å². The zero-order valence-electron chi connectivity index (χ0n) is 14.3. The second kappa shape index (κ2) is 8.60. The van der Waals surface area contributed by atoms with Gasteiger partial charge in [0.1, 0.15) is 0 Å². The third-order valence-corrected chi connectivity index (χ3v) is 5.71. The third kappa shape index (κ3) is 5.29. The van der Waals surface area contributed by atoms with Crippen molar-refractivity contribution in [3.63, 3.8) is 0 Å². The highest BCUT2D eigenvalue weighted by Crippen LogP contribution is 2.22. The number of carbonyl (C=O) groups is 1. The molecule has 6 nitrogen and oxygen atoms in total. The number of amides is 1. The fourth-order valence-corrected chi connectivity index (χ4v) is 4.06. The molecule has 7 heteroatoms. The van der Waals surface area contributed by atoms with Crippen molar-refractivity contribution in [1.29, 1.82) is 0 Å². The normalized spacial score (nSPS) is 17.6. The highest BCUT2D eigenvalue weighted by atomic mass is 32.2. The van der Waals surface area contributed by atoms with Gasteiger partial charge in [0.2, 0.25) is 15.9 Å². The average molecular weight is 354 g/mol. The molecule has 0 aliphatic carbocycles. The molecule has 1 atom stereocenters. The molecule has 1 amide bonds. The van der Waals surface area contributed by atoms with Crippen LogP contribution in [0.5, 0.6) is 0 Å². The maximum absolute atomic E-state index is 12.1. The summed E-state index contributed by atoms with van der Waals surface area (Å²) in [6.45, 7) is 3.64. The number of hydrogen-bond donors (Lipinski definition) is 1. The van der Waals surface area contributed by atoms with Crippen molar-refractivity contribution in [2.45, 2.75) is 25.8 Å². The number of carbonyl (C=O) groups excluding carboxylic acids is 1. The molecule has 1 aliphatic heterocycles. The average Bonchev–Trinajstić information content (AvgIpc) is 2.58. The van der Waals surface area contributed by atoms with Crippen molar-refractivity contribution in [1.82, 2.24) is 9.62 Å². The van der Waals surface area contributed by atoms with E-state index in [2.05, 4.69) is 5.32 Å². The minimum absolute atomic E-state index is 0.0147. The molecule has 134 valence electrons. The summed E-state index contributed by atoms with van der Waals surface area (Å²) < 4.78 is 30.9. The van der Waals surface area contributed by atoms with E-state index in [9.17, 15) is 13.2 Å². The minimum Gasteiger partial charge on any atom is -0.381 e. The largest absolute Gasteiger partial charge is 0.381 e. The molecule has 0 saturated carbocycles. The standard InChI is InChI=1S/C17H26N2O4S/c1-14(15-6-4-3-5-7-15)19(24(2,21)22)11-10-18-17(20)16-8-12-23-13-9-16/h3-7,14,16H,8-13H2,1-2H3,(H,18,20). The number of nitrogens with zero attached hydrogens (tertiary/aromatic N) is 1. The zero-order valence-corrected chi connectivity index (χ0v) is 15.1. The van der Waals surface area contributed by atoms with Crippen LogP contribution < -0.4 is 5.32 Å². The number of sulfonamides is 1. The number of hydrogen-bond acceptors (Lipinski definition) is 4. The summed E-state index contributed by atoms with van der Waals surface area (Å²) in [7, 11) is -3.37. The maximum Gasteiger partial charge on any atom is 0.223 e. The van der Waals surface area contributed by atoms with Gasteiger partial charge in [-0.05, 0) is 25.3 Å². The zero-order chi connectivity index (χ0) is 17.6. The molecule has 0 spiro atoms. The molecule has 24 heavy (non-hydrogen) atoms. The van der Waals surface area contributed by atoms with Crippen molar-refractivity contribution in [3.05, 3.63) is 35.9 Å². The van der Waals surface area contributed by atoms with E-state index in [1.165, 1.54) is 10.6 Å². The Bertz CT molecular complexity index is 627. The maximum atomic E-state index is 12.1. The topological polar surface area (TPSA) is 75.7 Å². The Morgan fingerprint density at radius 3 is 2.50 bits per heavy atom. The summed E-state index contributed by atoms with van der Waals surface area (Å²) in [4.78, 5) is 12.1. The summed E-state index contributed by atoms with van der Waals surface area (Å²) in [5.74, 6) is -0.0453. The Hall–Kier alpha value is -1.44. The summed E-state index contributed by atoms with van der Waals surface area (Å²) in [6, 6.07) is 9.21. The van der Waals surface area contributed by atoms with Gasteiger partial charge in [0.25, 0.3) is 0 Å². The van der Waals surface area contributed by atoms with Gasteiger partial charge < -0.3 is 10.1 Å².